The number of rotatable bonds is 1. The van der Waals surface area contributed by atoms with Crippen molar-refractivity contribution in [1.29, 1.82) is 0 Å². The number of hydrogen-bond donors (Lipinski definition) is 0. The molecule has 0 N–H and O–H groups in total. The molecule has 0 aromatic carbocycles. The molecule has 0 radical (unpaired) electrons. The van der Waals surface area contributed by atoms with Crippen molar-refractivity contribution in [3.63, 3.8) is 0 Å². The van der Waals surface area contributed by atoms with Gasteiger partial charge >= 0.3 is 0 Å². The molecule has 0 saturated heterocycles. The average Bonchev–Trinajstić information content (AvgIpc) is 2.49. The summed E-state index contributed by atoms with van der Waals surface area (Å²) in [5.41, 5.74) is 3.81. The van der Waals surface area contributed by atoms with Crippen LogP contribution in [0.2, 0.25) is 0 Å². The SMILES string of the molecule is CC(C)c1ncnc2scnc12. The van der Waals surface area contributed by atoms with Crippen molar-refractivity contribution in [2.75, 3.05) is 0 Å². The Bertz CT molecular complexity index is 394. The van der Waals surface area contributed by atoms with Crippen molar-refractivity contribution in [3.8, 4) is 0 Å². The van der Waals surface area contributed by atoms with E-state index in [2.05, 4.69) is 28.8 Å². The molecule has 0 bridgehead atoms. The van der Waals surface area contributed by atoms with Gasteiger partial charge in [-0.05, 0) is 5.92 Å². The normalized spacial score (nSPS) is 11.2. The Morgan fingerprint density at radius 1 is 1.25 bits per heavy atom. The first kappa shape index (κ1) is 7.61. The predicted octanol–water partition coefficient (Wildman–Crippen LogP) is 2.21. The van der Waals surface area contributed by atoms with Crippen LogP contribution < -0.4 is 0 Å². The summed E-state index contributed by atoms with van der Waals surface area (Å²) in [6.45, 7) is 4.22. The number of nitrogens with zero attached hydrogens (tertiary/aromatic N) is 3. The fourth-order valence-electron chi connectivity index (χ4n) is 1.13. The molecule has 62 valence electrons. The number of thiazole rings is 1. The second-order valence-corrected chi connectivity index (χ2v) is 3.75. The van der Waals surface area contributed by atoms with Crippen LogP contribution in [0, 0.1) is 0 Å². The maximum atomic E-state index is 4.23. The number of aromatic nitrogens is 3. The van der Waals surface area contributed by atoms with Crippen LogP contribution in [0.25, 0.3) is 10.3 Å². The molecular formula is C8H9N3S. The fourth-order valence-corrected chi connectivity index (χ4v) is 1.77. The van der Waals surface area contributed by atoms with Gasteiger partial charge in [0, 0.05) is 0 Å². The molecule has 4 heteroatoms. The lowest BCUT2D eigenvalue weighted by atomic mass is 10.1. The topological polar surface area (TPSA) is 38.7 Å². The fraction of sp³-hybridized carbons (Fsp3) is 0.375. The minimum Gasteiger partial charge on any atom is -0.241 e. The lowest BCUT2D eigenvalue weighted by Crippen LogP contribution is -1.94. The van der Waals surface area contributed by atoms with E-state index in [4.69, 9.17) is 0 Å². The molecule has 0 aliphatic carbocycles. The molecule has 0 atom stereocenters. The summed E-state index contributed by atoms with van der Waals surface area (Å²) in [5, 5.41) is 0. The van der Waals surface area contributed by atoms with E-state index >= 15 is 0 Å². The molecule has 2 aromatic rings. The van der Waals surface area contributed by atoms with Gasteiger partial charge in [0.2, 0.25) is 0 Å². The Kier molecular flexibility index (Phi) is 1.77. The Morgan fingerprint density at radius 2 is 2.08 bits per heavy atom. The van der Waals surface area contributed by atoms with Gasteiger partial charge in [-0.25, -0.2) is 15.0 Å². The first-order valence-corrected chi connectivity index (χ1v) is 4.71. The smallest absolute Gasteiger partial charge is 0.146 e. The number of hydrogen-bond acceptors (Lipinski definition) is 4. The summed E-state index contributed by atoms with van der Waals surface area (Å²) in [6, 6.07) is 0. The third kappa shape index (κ3) is 1.08. The monoisotopic (exact) mass is 179 g/mol. The average molecular weight is 179 g/mol. The highest BCUT2D eigenvalue weighted by Crippen LogP contribution is 2.22. The van der Waals surface area contributed by atoms with E-state index in [0.717, 1.165) is 16.0 Å². The van der Waals surface area contributed by atoms with Crippen LogP contribution in [-0.2, 0) is 0 Å². The third-order valence-electron chi connectivity index (χ3n) is 1.71. The van der Waals surface area contributed by atoms with Crippen molar-refractivity contribution in [2.24, 2.45) is 0 Å². The highest BCUT2D eigenvalue weighted by molar-refractivity contribution is 7.16. The quantitative estimate of drug-likeness (QED) is 0.673. The molecule has 3 nitrogen and oxygen atoms in total. The van der Waals surface area contributed by atoms with Crippen molar-refractivity contribution in [2.45, 2.75) is 19.8 Å². The second-order valence-electron chi connectivity index (χ2n) is 2.92. The standard InChI is InChI=1S/C8H9N3S/c1-5(2)6-7-8(10-3-9-6)12-4-11-7/h3-5H,1-2H3. The summed E-state index contributed by atoms with van der Waals surface area (Å²) in [6.07, 6.45) is 1.61. The summed E-state index contributed by atoms with van der Waals surface area (Å²) < 4.78 is 0. The van der Waals surface area contributed by atoms with Crippen molar-refractivity contribution >= 4 is 21.7 Å². The predicted molar refractivity (Wildman–Crippen MR) is 49.3 cm³/mol. The Labute approximate surface area is 74.5 Å². The van der Waals surface area contributed by atoms with E-state index in [0.29, 0.717) is 5.92 Å². The molecule has 0 aliphatic rings. The van der Waals surface area contributed by atoms with Gasteiger partial charge in [-0.3, -0.25) is 0 Å². The Balaban J connectivity index is 2.73. The van der Waals surface area contributed by atoms with Crippen LogP contribution in [0.3, 0.4) is 0 Å². The first-order valence-electron chi connectivity index (χ1n) is 3.83. The molecule has 0 aliphatic heterocycles. The summed E-state index contributed by atoms with van der Waals surface area (Å²) in [5.74, 6) is 0.414. The lowest BCUT2D eigenvalue weighted by Gasteiger charge is -2.02. The first-order chi connectivity index (χ1) is 5.79. The van der Waals surface area contributed by atoms with Gasteiger partial charge in [-0.1, -0.05) is 13.8 Å². The summed E-state index contributed by atoms with van der Waals surface area (Å²) >= 11 is 1.56. The Morgan fingerprint density at radius 3 is 2.83 bits per heavy atom. The third-order valence-corrected chi connectivity index (χ3v) is 2.44. The van der Waals surface area contributed by atoms with Crippen molar-refractivity contribution in [1.82, 2.24) is 15.0 Å². The molecule has 2 aromatic heterocycles. The van der Waals surface area contributed by atoms with Crippen LogP contribution >= 0.6 is 11.3 Å². The lowest BCUT2D eigenvalue weighted by molar-refractivity contribution is 0.826. The van der Waals surface area contributed by atoms with Gasteiger partial charge in [-0.2, -0.15) is 0 Å². The Hall–Kier alpha value is -1.03. The van der Waals surface area contributed by atoms with Gasteiger partial charge in [-0.15, -0.1) is 11.3 Å². The van der Waals surface area contributed by atoms with Gasteiger partial charge in [0.1, 0.15) is 16.7 Å². The molecule has 2 rings (SSSR count). The van der Waals surface area contributed by atoms with Crippen molar-refractivity contribution in [3.05, 3.63) is 17.5 Å². The van der Waals surface area contributed by atoms with E-state index in [1.807, 2.05) is 5.51 Å². The van der Waals surface area contributed by atoms with Crippen LogP contribution in [-0.4, -0.2) is 15.0 Å². The maximum absolute atomic E-state index is 4.23. The van der Waals surface area contributed by atoms with E-state index in [1.54, 1.807) is 17.7 Å². The van der Waals surface area contributed by atoms with Gasteiger partial charge < -0.3 is 0 Å². The van der Waals surface area contributed by atoms with E-state index < -0.39 is 0 Å². The van der Waals surface area contributed by atoms with Crippen LogP contribution in [0.4, 0.5) is 0 Å². The minimum absolute atomic E-state index is 0.414. The largest absolute Gasteiger partial charge is 0.241 e. The molecule has 0 saturated carbocycles. The molecule has 2 heterocycles. The van der Waals surface area contributed by atoms with E-state index in [-0.39, 0.29) is 0 Å². The highest BCUT2D eigenvalue weighted by atomic mass is 32.1. The van der Waals surface area contributed by atoms with Crippen molar-refractivity contribution < 1.29 is 0 Å². The molecule has 0 unspecified atom stereocenters. The zero-order chi connectivity index (χ0) is 8.55. The summed E-state index contributed by atoms with van der Waals surface area (Å²) in [4.78, 5) is 13.6. The van der Waals surface area contributed by atoms with Gasteiger partial charge in [0.25, 0.3) is 0 Å². The van der Waals surface area contributed by atoms with Crippen LogP contribution in [0.1, 0.15) is 25.5 Å². The van der Waals surface area contributed by atoms with Crippen LogP contribution in [0.15, 0.2) is 11.8 Å². The van der Waals surface area contributed by atoms with Crippen LogP contribution in [0.5, 0.6) is 0 Å². The van der Waals surface area contributed by atoms with E-state index in [9.17, 15) is 0 Å². The molecule has 0 amide bonds. The highest BCUT2D eigenvalue weighted by Gasteiger charge is 2.08. The minimum atomic E-state index is 0.414. The zero-order valence-electron chi connectivity index (χ0n) is 6.98. The van der Waals surface area contributed by atoms with Gasteiger partial charge in [0.05, 0.1) is 11.2 Å². The molecule has 0 spiro atoms. The molecule has 0 fully saturated rings. The molecular weight excluding hydrogens is 170 g/mol. The van der Waals surface area contributed by atoms with Gasteiger partial charge in [0.15, 0.2) is 0 Å². The van der Waals surface area contributed by atoms with E-state index in [1.165, 1.54) is 0 Å². The number of fused-ring (bicyclic) bond motifs is 1. The molecule has 12 heavy (non-hydrogen) atoms. The zero-order valence-corrected chi connectivity index (χ0v) is 7.80. The second kappa shape index (κ2) is 2.79. The maximum Gasteiger partial charge on any atom is 0.146 e. The summed E-state index contributed by atoms with van der Waals surface area (Å²) in [7, 11) is 0.